The van der Waals surface area contributed by atoms with E-state index in [0.717, 1.165) is 38.5 Å². The minimum atomic E-state index is -0.424. The van der Waals surface area contributed by atoms with Crippen LogP contribution in [0.3, 0.4) is 0 Å². The first-order valence-electron chi connectivity index (χ1n) is 8.45. The van der Waals surface area contributed by atoms with E-state index in [2.05, 4.69) is 0 Å². The summed E-state index contributed by atoms with van der Waals surface area (Å²) in [6.07, 6.45) is 6.78. The van der Waals surface area contributed by atoms with Gasteiger partial charge in [0.15, 0.2) is 0 Å². The van der Waals surface area contributed by atoms with E-state index in [1.54, 1.807) is 6.92 Å². The van der Waals surface area contributed by atoms with Crippen LogP contribution >= 0.6 is 0 Å². The summed E-state index contributed by atoms with van der Waals surface area (Å²) in [6.45, 7) is 7.67. The van der Waals surface area contributed by atoms with Gasteiger partial charge in [-0.3, -0.25) is 9.59 Å². The minimum absolute atomic E-state index is 0.0781. The molecule has 0 radical (unpaired) electrons. The van der Waals surface area contributed by atoms with Crippen molar-refractivity contribution in [1.82, 2.24) is 0 Å². The van der Waals surface area contributed by atoms with E-state index >= 15 is 0 Å². The lowest BCUT2D eigenvalue weighted by Crippen LogP contribution is -2.60. The molecule has 4 fully saturated rings. The van der Waals surface area contributed by atoms with Gasteiger partial charge in [0.2, 0.25) is 0 Å². The van der Waals surface area contributed by atoms with Gasteiger partial charge in [-0.1, -0.05) is 6.92 Å². The van der Waals surface area contributed by atoms with Crippen molar-refractivity contribution in [2.75, 3.05) is 0 Å². The van der Waals surface area contributed by atoms with Crippen LogP contribution in [-0.4, -0.2) is 17.4 Å². The average molecular weight is 292 g/mol. The number of esters is 1. The molecule has 0 N–H and O–H groups in total. The van der Waals surface area contributed by atoms with Gasteiger partial charge in [0.1, 0.15) is 11.4 Å². The highest BCUT2D eigenvalue weighted by Gasteiger charge is 2.61. The highest BCUT2D eigenvalue weighted by atomic mass is 16.6. The van der Waals surface area contributed by atoms with Gasteiger partial charge in [-0.05, 0) is 77.6 Å². The van der Waals surface area contributed by atoms with E-state index in [4.69, 9.17) is 4.74 Å². The van der Waals surface area contributed by atoms with E-state index in [9.17, 15) is 9.59 Å². The Bertz CT molecular complexity index is 463. The average Bonchev–Trinajstić information content (AvgIpc) is 2.36. The Balaban J connectivity index is 1.85. The lowest BCUT2D eigenvalue weighted by atomic mass is 9.47. The van der Waals surface area contributed by atoms with Crippen LogP contribution in [0.4, 0.5) is 0 Å². The number of carbonyl (C=O) groups is 2. The van der Waals surface area contributed by atoms with Crippen LogP contribution in [0.2, 0.25) is 0 Å². The highest BCUT2D eigenvalue weighted by molar-refractivity contribution is 5.83. The second-order valence-electron chi connectivity index (χ2n) is 8.61. The van der Waals surface area contributed by atoms with Gasteiger partial charge in [0.25, 0.3) is 0 Å². The van der Waals surface area contributed by atoms with Gasteiger partial charge < -0.3 is 4.74 Å². The van der Waals surface area contributed by atoms with Gasteiger partial charge in [-0.15, -0.1) is 0 Å². The molecule has 0 aromatic rings. The van der Waals surface area contributed by atoms with E-state index in [1.165, 1.54) is 6.42 Å². The molecule has 4 aliphatic carbocycles. The summed E-state index contributed by atoms with van der Waals surface area (Å²) in [6, 6.07) is 0. The molecule has 4 rings (SSSR count). The summed E-state index contributed by atoms with van der Waals surface area (Å²) in [5.74, 6) is 1.39. The number of hydrogen-bond acceptors (Lipinski definition) is 3. The maximum Gasteiger partial charge on any atom is 0.312 e. The maximum absolute atomic E-state index is 12.5. The molecule has 0 saturated heterocycles. The Labute approximate surface area is 127 Å². The predicted molar refractivity (Wildman–Crippen MR) is 80.7 cm³/mol. The van der Waals surface area contributed by atoms with Gasteiger partial charge in [-0.2, -0.15) is 0 Å². The Kier molecular flexibility index (Phi) is 3.27. The molecule has 4 aliphatic rings. The fourth-order valence-corrected chi connectivity index (χ4v) is 5.19. The van der Waals surface area contributed by atoms with Gasteiger partial charge >= 0.3 is 5.97 Å². The zero-order valence-corrected chi connectivity index (χ0v) is 13.8. The second-order valence-corrected chi connectivity index (χ2v) is 8.61. The van der Waals surface area contributed by atoms with Crippen molar-refractivity contribution in [2.45, 2.75) is 78.2 Å². The monoisotopic (exact) mass is 292 g/mol. The fourth-order valence-electron chi connectivity index (χ4n) is 5.19. The van der Waals surface area contributed by atoms with Crippen LogP contribution in [0, 0.1) is 22.7 Å². The molecule has 4 saturated carbocycles. The zero-order chi connectivity index (χ0) is 15.5. The lowest BCUT2D eigenvalue weighted by Gasteiger charge is -2.60. The van der Waals surface area contributed by atoms with Crippen LogP contribution in [0.25, 0.3) is 0 Å². The molecular weight excluding hydrogens is 264 g/mol. The third-order valence-electron chi connectivity index (χ3n) is 6.50. The van der Waals surface area contributed by atoms with Crippen molar-refractivity contribution < 1.29 is 14.3 Å². The van der Waals surface area contributed by atoms with Crippen molar-refractivity contribution in [1.29, 1.82) is 0 Å². The quantitative estimate of drug-likeness (QED) is 0.738. The lowest BCUT2D eigenvalue weighted by molar-refractivity contribution is -0.209. The van der Waals surface area contributed by atoms with E-state index in [0.29, 0.717) is 17.6 Å². The molecule has 3 heteroatoms. The van der Waals surface area contributed by atoms with E-state index in [-0.39, 0.29) is 17.0 Å². The van der Waals surface area contributed by atoms with Crippen LogP contribution in [0.15, 0.2) is 0 Å². The van der Waals surface area contributed by atoms with Crippen LogP contribution in [0.5, 0.6) is 0 Å². The summed E-state index contributed by atoms with van der Waals surface area (Å²) in [4.78, 5) is 24.8. The first-order chi connectivity index (χ1) is 9.70. The molecule has 0 aliphatic heterocycles. The van der Waals surface area contributed by atoms with Crippen molar-refractivity contribution in [2.24, 2.45) is 22.7 Å². The van der Waals surface area contributed by atoms with Gasteiger partial charge in [-0.25, -0.2) is 0 Å². The van der Waals surface area contributed by atoms with Crippen LogP contribution < -0.4 is 0 Å². The summed E-state index contributed by atoms with van der Waals surface area (Å²) < 4.78 is 6.09. The minimum Gasteiger partial charge on any atom is -0.459 e. The highest BCUT2D eigenvalue weighted by Crippen LogP contribution is 2.63. The maximum atomic E-state index is 12.5. The van der Waals surface area contributed by atoms with E-state index in [1.807, 2.05) is 20.8 Å². The molecule has 21 heavy (non-hydrogen) atoms. The third-order valence-corrected chi connectivity index (χ3v) is 6.50. The molecule has 0 aromatic carbocycles. The molecule has 2 atom stereocenters. The van der Waals surface area contributed by atoms with Crippen molar-refractivity contribution in [3.63, 3.8) is 0 Å². The number of Topliss-reactive ketones (excluding diaryl/α,β-unsaturated/α-hetero) is 1. The molecule has 0 amide bonds. The number of hydrogen-bond donors (Lipinski definition) is 0. The molecule has 0 heterocycles. The van der Waals surface area contributed by atoms with Crippen LogP contribution in [-0.2, 0) is 14.3 Å². The number of ketones is 1. The molecule has 3 nitrogen and oxygen atoms in total. The van der Waals surface area contributed by atoms with E-state index < -0.39 is 5.41 Å². The molecule has 0 aromatic heterocycles. The number of carbonyl (C=O) groups excluding carboxylic acids is 2. The predicted octanol–water partition coefficient (Wildman–Crippen LogP) is 3.89. The molecular formula is C18H28O3. The largest absolute Gasteiger partial charge is 0.459 e. The topological polar surface area (TPSA) is 43.4 Å². The second kappa shape index (κ2) is 4.57. The Morgan fingerprint density at radius 3 is 2.19 bits per heavy atom. The summed E-state index contributed by atoms with van der Waals surface area (Å²) in [5.41, 5.74) is -0.966. The first kappa shape index (κ1) is 15.1. The van der Waals surface area contributed by atoms with Crippen molar-refractivity contribution in [3.05, 3.63) is 0 Å². The van der Waals surface area contributed by atoms with Gasteiger partial charge in [0.05, 0.1) is 5.41 Å². The Morgan fingerprint density at radius 1 is 1.14 bits per heavy atom. The van der Waals surface area contributed by atoms with Crippen molar-refractivity contribution >= 4 is 11.8 Å². The molecule has 4 bridgehead atoms. The van der Waals surface area contributed by atoms with Crippen molar-refractivity contribution in [3.8, 4) is 0 Å². The molecule has 118 valence electrons. The summed E-state index contributed by atoms with van der Waals surface area (Å²) in [7, 11) is 0. The fraction of sp³-hybridized carbons (Fsp3) is 0.889. The van der Waals surface area contributed by atoms with Crippen LogP contribution in [0.1, 0.15) is 72.6 Å². The first-order valence-corrected chi connectivity index (χ1v) is 8.45. The number of ether oxygens (including phenoxy) is 1. The zero-order valence-electron chi connectivity index (χ0n) is 13.8. The third kappa shape index (κ3) is 2.33. The Morgan fingerprint density at radius 2 is 1.71 bits per heavy atom. The summed E-state index contributed by atoms with van der Waals surface area (Å²) in [5, 5.41) is 0. The molecule has 0 spiro atoms. The Hall–Kier alpha value is -0.860. The summed E-state index contributed by atoms with van der Waals surface area (Å²) >= 11 is 0. The number of rotatable bonds is 4. The van der Waals surface area contributed by atoms with Gasteiger partial charge in [0, 0.05) is 5.41 Å². The molecule has 2 unspecified atom stereocenters. The smallest absolute Gasteiger partial charge is 0.312 e. The standard InChI is InChI=1S/C18H28O3/c1-5-16(3,4)15(20)21-18-9-13-6-14(10-18)8-17(7-13,11-18)12(2)19/h13-14H,5-11H2,1-4H3. The SMILES string of the molecule is CCC(C)(C)C(=O)OC12CC3CC(C1)CC(C(C)=O)(C3)C2. The normalized spacial score (nSPS) is 41.1.